The third-order valence-corrected chi connectivity index (χ3v) is 4.34. The van der Waals surface area contributed by atoms with Gasteiger partial charge in [-0.2, -0.15) is 0 Å². The average Bonchev–Trinajstić information content (AvgIpc) is 3.09. The van der Waals surface area contributed by atoms with Gasteiger partial charge in [0.25, 0.3) is 0 Å². The predicted octanol–water partition coefficient (Wildman–Crippen LogP) is 2.71. The summed E-state index contributed by atoms with van der Waals surface area (Å²) in [5, 5.41) is 3.71. The predicted molar refractivity (Wildman–Crippen MR) is 111 cm³/mol. The number of benzene rings is 2. The van der Waals surface area contributed by atoms with Crippen molar-refractivity contribution >= 4 is 35.2 Å². The smallest absolute Gasteiger partial charge is 0.329 e. The number of aromatic nitrogens is 1. The first-order valence-corrected chi connectivity index (χ1v) is 8.86. The quantitative estimate of drug-likeness (QED) is 0.530. The Morgan fingerprint density at radius 2 is 1.79 bits per heavy atom. The van der Waals surface area contributed by atoms with Gasteiger partial charge in [-0.25, -0.2) is 4.79 Å². The molecule has 28 heavy (non-hydrogen) atoms. The van der Waals surface area contributed by atoms with Crippen LogP contribution in [0.1, 0.15) is 18.1 Å². The molecular weight excluding hydrogens is 378 g/mol. The number of nitrogens with two attached hydrogens (primary N) is 1. The van der Waals surface area contributed by atoms with Crippen LogP contribution in [0, 0.1) is 0 Å². The minimum Gasteiger partial charge on any atom is -0.459 e. The van der Waals surface area contributed by atoms with E-state index in [2.05, 4.69) is 10.3 Å². The molecule has 3 aromatic rings. The monoisotopic (exact) mass is 401 g/mol. The number of carbonyl (C=O) groups excluding carboxylic acids is 2. The minimum atomic E-state index is -0.814. The largest absolute Gasteiger partial charge is 0.459 e. The zero-order valence-corrected chi connectivity index (χ0v) is 16.4. The summed E-state index contributed by atoms with van der Waals surface area (Å²) in [6.07, 6.45) is 2.16. The van der Waals surface area contributed by atoms with Crippen LogP contribution in [0.5, 0.6) is 0 Å². The fourth-order valence-electron chi connectivity index (χ4n) is 2.85. The van der Waals surface area contributed by atoms with E-state index in [1.807, 2.05) is 60.8 Å². The van der Waals surface area contributed by atoms with E-state index in [1.165, 1.54) is 0 Å². The Balaban J connectivity index is 0.00000280. The zero-order chi connectivity index (χ0) is 19.2. The fourth-order valence-corrected chi connectivity index (χ4v) is 2.85. The molecule has 1 amide bonds. The highest BCUT2D eigenvalue weighted by molar-refractivity contribution is 5.89. The lowest BCUT2D eigenvalue weighted by molar-refractivity contribution is -0.149. The Morgan fingerprint density at radius 1 is 1.11 bits per heavy atom. The van der Waals surface area contributed by atoms with Gasteiger partial charge in [0.1, 0.15) is 12.6 Å². The molecule has 0 fully saturated rings. The van der Waals surface area contributed by atoms with E-state index in [1.54, 1.807) is 6.92 Å². The van der Waals surface area contributed by atoms with Gasteiger partial charge in [-0.3, -0.25) is 4.79 Å². The minimum absolute atomic E-state index is 0. The first-order valence-electron chi connectivity index (χ1n) is 8.86. The molecule has 4 N–H and O–H groups in total. The van der Waals surface area contributed by atoms with E-state index in [-0.39, 0.29) is 19.0 Å². The van der Waals surface area contributed by atoms with Crippen LogP contribution in [0.4, 0.5) is 0 Å². The fraction of sp³-hybridized carbons (Fsp3) is 0.238. The molecule has 0 bridgehead atoms. The third-order valence-electron chi connectivity index (χ3n) is 4.34. The van der Waals surface area contributed by atoms with Crippen molar-refractivity contribution in [3.05, 3.63) is 71.9 Å². The lowest BCUT2D eigenvalue weighted by Gasteiger charge is -2.19. The number of nitrogens with one attached hydrogen (secondary N) is 2. The molecule has 0 spiro atoms. The van der Waals surface area contributed by atoms with Crippen molar-refractivity contribution in [1.29, 1.82) is 0 Å². The van der Waals surface area contributed by atoms with Crippen molar-refractivity contribution in [3.63, 3.8) is 0 Å². The van der Waals surface area contributed by atoms with E-state index in [0.717, 1.165) is 22.0 Å². The van der Waals surface area contributed by atoms with Gasteiger partial charge in [-0.15, -0.1) is 12.4 Å². The molecule has 0 aliphatic heterocycles. The first-order chi connectivity index (χ1) is 13.0. The van der Waals surface area contributed by atoms with Crippen molar-refractivity contribution in [2.45, 2.75) is 32.0 Å². The zero-order valence-electron chi connectivity index (χ0n) is 15.6. The molecule has 6 nitrogen and oxygen atoms in total. The number of esters is 1. The molecule has 0 unspecified atom stereocenters. The molecule has 1 heterocycles. The highest BCUT2D eigenvalue weighted by Gasteiger charge is 2.25. The van der Waals surface area contributed by atoms with E-state index in [0.29, 0.717) is 6.42 Å². The molecule has 7 heteroatoms. The summed E-state index contributed by atoms with van der Waals surface area (Å²) >= 11 is 0. The summed E-state index contributed by atoms with van der Waals surface area (Å²) in [5.74, 6) is -0.880. The first kappa shape index (κ1) is 21.5. The lowest BCUT2D eigenvalue weighted by atomic mass is 10.0. The van der Waals surface area contributed by atoms with Crippen LogP contribution < -0.4 is 11.1 Å². The molecule has 1 aromatic heterocycles. The van der Waals surface area contributed by atoms with Gasteiger partial charge in [-0.05, 0) is 24.1 Å². The van der Waals surface area contributed by atoms with Gasteiger partial charge in [0.05, 0.1) is 6.04 Å². The Labute approximate surface area is 169 Å². The number of hydrogen-bond donors (Lipinski definition) is 3. The van der Waals surface area contributed by atoms with E-state index in [4.69, 9.17) is 10.5 Å². The number of para-hydroxylation sites is 1. The number of ether oxygens (including phenoxy) is 1. The van der Waals surface area contributed by atoms with E-state index < -0.39 is 24.0 Å². The number of halogens is 1. The molecule has 2 atom stereocenters. The number of carbonyl (C=O) groups is 2. The van der Waals surface area contributed by atoms with Gasteiger partial charge in [0, 0.05) is 23.5 Å². The van der Waals surface area contributed by atoms with Crippen molar-refractivity contribution in [2.24, 2.45) is 5.73 Å². The molecule has 3 rings (SSSR count). The average molecular weight is 402 g/mol. The highest BCUT2D eigenvalue weighted by atomic mass is 35.5. The van der Waals surface area contributed by atoms with Crippen LogP contribution in [0.2, 0.25) is 0 Å². The number of hydrogen-bond acceptors (Lipinski definition) is 4. The van der Waals surface area contributed by atoms with Crippen LogP contribution in [0.3, 0.4) is 0 Å². The van der Waals surface area contributed by atoms with Crippen LogP contribution in [-0.4, -0.2) is 28.9 Å². The Bertz CT molecular complexity index is 925. The van der Waals surface area contributed by atoms with Crippen molar-refractivity contribution in [3.8, 4) is 0 Å². The Hall–Kier alpha value is -2.83. The van der Waals surface area contributed by atoms with Gasteiger partial charge in [0.2, 0.25) is 5.91 Å². The molecule has 2 aromatic carbocycles. The molecule has 0 aliphatic carbocycles. The van der Waals surface area contributed by atoms with Gasteiger partial charge < -0.3 is 20.8 Å². The number of amides is 1. The molecule has 0 saturated carbocycles. The molecule has 0 radical (unpaired) electrons. The summed E-state index contributed by atoms with van der Waals surface area (Å²) in [4.78, 5) is 27.9. The molecule has 0 aliphatic rings. The number of fused-ring (bicyclic) bond motifs is 1. The van der Waals surface area contributed by atoms with Crippen molar-refractivity contribution in [2.75, 3.05) is 0 Å². The number of aromatic amines is 1. The van der Waals surface area contributed by atoms with Gasteiger partial charge in [0.15, 0.2) is 0 Å². The summed E-state index contributed by atoms with van der Waals surface area (Å²) in [7, 11) is 0. The van der Waals surface area contributed by atoms with Gasteiger partial charge >= 0.3 is 5.97 Å². The summed E-state index contributed by atoms with van der Waals surface area (Å²) in [6, 6.07) is 15.7. The Morgan fingerprint density at radius 3 is 2.50 bits per heavy atom. The maximum Gasteiger partial charge on any atom is 0.329 e. The van der Waals surface area contributed by atoms with Crippen LogP contribution in [0.15, 0.2) is 60.8 Å². The van der Waals surface area contributed by atoms with Gasteiger partial charge in [-0.1, -0.05) is 48.5 Å². The van der Waals surface area contributed by atoms with E-state index >= 15 is 0 Å². The number of rotatable bonds is 7. The standard InChI is InChI=1S/C21H23N3O3.ClH/c1-14(22)20(25)24-19(21(26)27-13-15-7-3-2-4-8-15)11-16-12-23-18-10-6-5-9-17(16)18;/h2-10,12,14,19,23H,11,13,22H2,1H3,(H,24,25);1H/t14-,19-;/m0./s1. The van der Waals surface area contributed by atoms with Crippen LogP contribution >= 0.6 is 12.4 Å². The maximum absolute atomic E-state index is 12.6. The van der Waals surface area contributed by atoms with Crippen molar-refractivity contribution in [1.82, 2.24) is 10.3 Å². The second kappa shape index (κ2) is 9.92. The third kappa shape index (κ3) is 5.34. The molecular formula is C21H24ClN3O3. The summed E-state index contributed by atoms with van der Waals surface area (Å²) in [5.41, 5.74) is 8.43. The highest BCUT2D eigenvalue weighted by Crippen LogP contribution is 2.19. The topological polar surface area (TPSA) is 97.2 Å². The van der Waals surface area contributed by atoms with Crippen LogP contribution in [0.25, 0.3) is 10.9 Å². The second-order valence-corrected chi connectivity index (χ2v) is 6.51. The lowest BCUT2D eigenvalue weighted by Crippen LogP contribution is -2.48. The second-order valence-electron chi connectivity index (χ2n) is 6.51. The Kier molecular flexibility index (Phi) is 7.61. The SMILES string of the molecule is C[C@H](N)C(=O)N[C@@H](Cc1c[nH]c2ccccc12)C(=O)OCc1ccccc1.Cl. The summed E-state index contributed by atoms with van der Waals surface area (Å²) in [6.45, 7) is 1.73. The molecule has 0 saturated heterocycles. The summed E-state index contributed by atoms with van der Waals surface area (Å²) < 4.78 is 5.43. The maximum atomic E-state index is 12.6. The van der Waals surface area contributed by atoms with Crippen LogP contribution in [-0.2, 0) is 27.4 Å². The molecule has 148 valence electrons. The normalized spacial score (nSPS) is 12.6. The van der Waals surface area contributed by atoms with Crippen molar-refractivity contribution < 1.29 is 14.3 Å². The number of H-pyrrole nitrogens is 1. The van der Waals surface area contributed by atoms with E-state index in [9.17, 15) is 9.59 Å².